The van der Waals surface area contributed by atoms with Crippen molar-refractivity contribution in [1.82, 2.24) is 9.80 Å². The first-order chi connectivity index (χ1) is 18.5. The van der Waals surface area contributed by atoms with E-state index < -0.39 is 0 Å². The Kier molecular flexibility index (Phi) is 8.03. The van der Waals surface area contributed by atoms with Gasteiger partial charge in [-0.15, -0.1) is 11.3 Å². The molecule has 2 aromatic carbocycles. The molecule has 2 amide bonds. The number of rotatable bonds is 12. The van der Waals surface area contributed by atoms with Crippen LogP contribution >= 0.6 is 11.3 Å². The molecule has 2 unspecified atom stereocenters. The zero-order valence-electron chi connectivity index (χ0n) is 22.4. The summed E-state index contributed by atoms with van der Waals surface area (Å²) in [7, 11) is 3.25. The Bertz CT molecular complexity index is 1270. The summed E-state index contributed by atoms with van der Waals surface area (Å²) in [6.45, 7) is 3.34. The smallest absolute Gasteiger partial charge is 0.242 e. The van der Waals surface area contributed by atoms with Crippen molar-refractivity contribution in [3.63, 3.8) is 0 Å². The fourth-order valence-corrected chi connectivity index (χ4v) is 6.02. The number of hydrogen-bond donors (Lipinski definition) is 0. The topological polar surface area (TPSA) is 59.1 Å². The first kappa shape index (κ1) is 26.3. The zero-order chi connectivity index (χ0) is 26.6. The predicted molar refractivity (Wildman–Crippen MR) is 150 cm³/mol. The Balaban J connectivity index is 1.28. The van der Waals surface area contributed by atoms with E-state index in [-0.39, 0.29) is 36.2 Å². The van der Waals surface area contributed by atoms with Gasteiger partial charge in [0.1, 0.15) is 6.54 Å². The minimum atomic E-state index is -0.00837. The maximum absolute atomic E-state index is 13.7. The second-order valence-corrected chi connectivity index (χ2v) is 11.7. The highest BCUT2D eigenvalue weighted by Crippen LogP contribution is 2.49. The highest BCUT2D eigenvalue weighted by molar-refractivity contribution is 7.11. The van der Waals surface area contributed by atoms with Gasteiger partial charge in [-0.2, -0.15) is 0 Å². The first-order valence-corrected chi connectivity index (χ1v) is 14.2. The molecule has 38 heavy (non-hydrogen) atoms. The van der Waals surface area contributed by atoms with Crippen molar-refractivity contribution in [2.24, 2.45) is 5.92 Å². The summed E-state index contributed by atoms with van der Waals surface area (Å²) in [6.07, 6.45) is 3.53. The number of hydrogen-bond acceptors (Lipinski definition) is 5. The van der Waals surface area contributed by atoms with Gasteiger partial charge in [-0.3, -0.25) is 9.59 Å². The minimum Gasteiger partial charge on any atom is -0.493 e. The maximum Gasteiger partial charge on any atom is 0.242 e. The van der Waals surface area contributed by atoms with Crippen molar-refractivity contribution in [2.45, 2.75) is 51.1 Å². The van der Waals surface area contributed by atoms with E-state index in [1.807, 2.05) is 46.2 Å². The molecule has 6 nitrogen and oxygen atoms in total. The SMILES string of the molecule is COc1ccc(CCN(Cc2ccc(C)s2)C(=O)CN(C(=O)C2CC2c2ccccc2)C2CC2)cc1OC. The van der Waals surface area contributed by atoms with E-state index in [0.29, 0.717) is 31.0 Å². The summed E-state index contributed by atoms with van der Waals surface area (Å²) in [5, 5.41) is 0. The Morgan fingerprint density at radius 1 is 0.974 bits per heavy atom. The molecule has 2 aliphatic rings. The van der Waals surface area contributed by atoms with Crippen LogP contribution in [-0.4, -0.2) is 55.0 Å². The molecule has 0 bridgehead atoms. The van der Waals surface area contributed by atoms with Crippen molar-refractivity contribution in [3.8, 4) is 11.5 Å². The van der Waals surface area contributed by atoms with Gasteiger partial charge in [-0.1, -0.05) is 36.4 Å². The standard InChI is InChI=1S/C31H36N2O4S/c1-21-9-13-25(38-21)19-32(16-15-22-10-14-28(36-2)29(17-22)37-3)30(34)20-33(24-11-12-24)31(35)27-18-26(27)23-7-5-4-6-8-23/h4-10,13-14,17,24,26-27H,11-12,15-16,18-20H2,1-3H3. The molecule has 1 heterocycles. The summed E-state index contributed by atoms with van der Waals surface area (Å²) in [5.41, 5.74) is 2.29. The van der Waals surface area contributed by atoms with Gasteiger partial charge >= 0.3 is 0 Å². The second kappa shape index (κ2) is 11.6. The molecule has 0 aliphatic heterocycles. The molecule has 1 aromatic heterocycles. The lowest BCUT2D eigenvalue weighted by molar-refractivity contribution is -0.142. The van der Waals surface area contributed by atoms with Gasteiger partial charge in [0.25, 0.3) is 0 Å². The van der Waals surface area contributed by atoms with Crippen LogP contribution in [0.3, 0.4) is 0 Å². The fraction of sp³-hybridized carbons (Fsp3) is 0.419. The molecule has 3 aromatic rings. The zero-order valence-corrected chi connectivity index (χ0v) is 23.2. The predicted octanol–water partition coefficient (Wildman–Crippen LogP) is 5.44. The Hall–Kier alpha value is -3.32. The number of carbonyl (C=O) groups is 2. The van der Waals surface area contributed by atoms with Crippen molar-refractivity contribution in [2.75, 3.05) is 27.3 Å². The number of carbonyl (C=O) groups excluding carboxylic acids is 2. The number of methoxy groups -OCH3 is 2. The van der Waals surface area contributed by atoms with Crippen LogP contribution in [0.1, 0.15) is 46.1 Å². The second-order valence-electron chi connectivity index (χ2n) is 10.3. The van der Waals surface area contributed by atoms with Crippen molar-refractivity contribution < 1.29 is 19.1 Å². The van der Waals surface area contributed by atoms with E-state index >= 15 is 0 Å². The van der Waals surface area contributed by atoms with E-state index in [9.17, 15) is 9.59 Å². The number of nitrogens with zero attached hydrogens (tertiary/aromatic N) is 2. The van der Waals surface area contributed by atoms with E-state index in [4.69, 9.17) is 9.47 Å². The number of thiophene rings is 1. The molecule has 0 radical (unpaired) electrons. The van der Waals surface area contributed by atoms with Crippen LogP contribution in [0, 0.1) is 12.8 Å². The fourth-order valence-electron chi connectivity index (χ4n) is 5.12. The molecule has 0 spiro atoms. The molecule has 2 fully saturated rings. The van der Waals surface area contributed by atoms with E-state index in [1.165, 1.54) is 10.4 Å². The van der Waals surface area contributed by atoms with Crippen LogP contribution in [-0.2, 0) is 22.6 Å². The highest BCUT2D eigenvalue weighted by Gasteiger charge is 2.48. The summed E-state index contributed by atoms with van der Waals surface area (Å²) in [6, 6.07) is 20.5. The monoisotopic (exact) mass is 532 g/mol. The van der Waals surface area contributed by atoms with Crippen LogP contribution in [0.2, 0.25) is 0 Å². The molecular weight excluding hydrogens is 496 g/mol. The number of ether oxygens (including phenoxy) is 2. The Labute approximate surface area is 229 Å². The maximum atomic E-state index is 13.7. The van der Waals surface area contributed by atoms with Crippen LogP contribution < -0.4 is 9.47 Å². The molecular formula is C31H36N2O4S. The van der Waals surface area contributed by atoms with Gasteiger partial charge in [-0.05, 0) is 73.9 Å². The quantitative estimate of drug-likeness (QED) is 0.312. The van der Waals surface area contributed by atoms with E-state index in [1.54, 1.807) is 25.6 Å². The molecule has 2 atom stereocenters. The molecule has 0 saturated heterocycles. The van der Waals surface area contributed by atoms with Gasteiger partial charge in [0.05, 0.1) is 20.8 Å². The van der Waals surface area contributed by atoms with E-state index in [2.05, 4.69) is 31.2 Å². The molecule has 200 valence electrons. The largest absolute Gasteiger partial charge is 0.493 e. The van der Waals surface area contributed by atoms with Crippen molar-refractivity contribution >= 4 is 23.2 Å². The summed E-state index contributed by atoms with van der Waals surface area (Å²) in [5.74, 6) is 1.78. The lowest BCUT2D eigenvalue weighted by atomic mass is 10.1. The van der Waals surface area contributed by atoms with Crippen LogP contribution in [0.25, 0.3) is 0 Å². The minimum absolute atomic E-state index is 0.00805. The average Bonchev–Trinajstić information content (AvgIpc) is 3.87. The van der Waals surface area contributed by atoms with Crippen LogP contribution in [0.4, 0.5) is 0 Å². The van der Waals surface area contributed by atoms with Crippen LogP contribution in [0.15, 0.2) is 60.7 Å². The lowest BCUT2D eigenvalue weighted by Gasteiger charge is -2.28. The summed E-state index contributed by atoms with van der Waals surface area (Å²) in [4.78, 5) is 33.4. The van der Waals surface area contributed by atoms with Crippen LogP contribution in [0.5, 0.6) is 11.5 Å². The molecule has 7 heteroatoms. The van der Waals surface area contributed by atoms with Gasteiger partial charge < -0.3 is 19.3 Å². The van der Waals surface area contributed by atoms with Gasteiger partial charge in [0, 0.05) is 28.3 Å². The summed E-state index contributed by atoms with van der Waals surface area (Å²) >= 11 is 1.71. The molecule has 0 N–H and O–H groups in total. The number of amides is 2. The normalized spacial score (nSPS) is 18.1. The third kappa shape index (κ3) is 6.21. The molecule has 2 saturated carbocycles. The van der Waals surface area contributed by atoms with Gasteiger partial charge in [0.15, 0.2) is 11.5 Å². The molecule has 2 aliphatic carbocycles. The Morgan fingerprint density at radius 3 is 2.39 bits per heavy atom. The van der Waals surface area contributed by atoms with Gasteiger partial charge in [0.2, 0.25) is 11.8 Å². The highest BCUT2D eigenvalue weighted by atomic mass is 32.1. The Morgan fingerprint density at radius 2 is 1.74 bits per heavy atom. The molecule has 5 rings (SSSR count). The third-order valence-corrected chi connectivity index (χ3v) is 8.51. The van der Waals surface area contributed by atoms with Gasteiger partial charge in [-0.25, -0.2) is 0 Å². The van der Waals surface area contributed by atoms with Crippen molar-refractivity contribution in [1.29, 1.82) is 0 Å². The average molecular weight is 533 g/mol. The van der Waals surface area contributed by atoms with E-state index in [0.717, 1.165) is 29.7 Å². The summed E-state index contributed by atoms with van der Waals surface area (Å²) < 4.78 is 10.8. The lowest BCUT2D eigenvalue weighted by Crippen LogP contribution is -2.45. The third-order valence-electron chi connectivity index (χ3n) is 7.53. The van der Waals surface area contributed by atoms with Crippen molar-refractivity contribution in [3.05, 3.63) is 81.5 Å². The number of aryl methyl sites for hydroxylation is 1. The first-order valence-electron chi connectivity index (χ1n) is 13.4. The number of benzene rings is 2.